The Morgan fingerprint density at radius 1 is 1.04 bits per heavy atom. The molecule has 0 atom stereocenters. The number of carbonyl (C=O) groups is 2. The van der Waals surface area contributed by atoms with E-state index in [1.807, 2.05) is 24.3 Å². The minimum absolute atomic E-state index is 0.177. The zero-order chi connectivity index (χ0) is 17.6. The minimum Gasteiger partial charge on any atom is -0.452 e. The lowest BCUT2D eigenvalue weighted by Crippen LogP contribution is -2.37. The van der Waals surface area contributed by atoms with E-state index in [-0.39, 0.29) is 12.5 Å². The summed E-state index contributed by atoms with van der Waals surface area (Å²) in [4.78, 5) is 26.0. The van der Waals surface area contributed by atoms with E-state index in [0.29, 0.717) is 23.1 Å². The maximum atomic E-state index is 12.3. The zero-order valence-corrected chi connectivity index (χ0v) is 15.2. The van der Waals surface area contributed by atoms with Crippen molar-refractivity contribution in [1.29, 1.82) is 0 Å². The van der Waals surface area contributed by atoms with Gasteiger partial charge in [-0.05, 0) is 45.6 Å². The van der Waals surface area contributed by atoms with Crippen molar-refractivity contribution in [3.63, 3.8) is 0 Å². The first-order chi connectivity index (χ1) is 12.1. The zero-order valence-electron chi connectivity index (χ0n) is 13.7. The van der Waals surface area contributed by atoms with E-state index in [0.717, 1.165) is 6.42 Å². The molecule has 0 aliphatic carbocycles. The van der Waals surface area contributed by atoms with E-state index in [9.17, 15) is 9.59 Å². The molecule has 0 saturated carbocycles. The molecule has 5 heteroatoms. The van der Waals surface area contributed by atoms with Crippen LogP contribution in [-0.4, -0.2) is 36.5 Å². The van der Waals surface area contributed by atoms with Crippen molar-refractivity contribution in [2.24, 2.45) is 0 Å². The molecule has 1 heterocycles. The molecule has 2 aromatic rings. The van der Waals surface area contributed by atoms with E-state index in [4.69, 9.17) is 4.74 Å². The van der Waals surface area contributed by atoms with Crippen LogP contribution in [0.25, 0.3) is 5.57 Å². The van der Waals surface area contributed by atoms with Gasteiger partial charge in [-0.1, -0.05) is 48.5 Å². The highest BCUT2D eigenvalue weighted by molar-refractivity contribution is 9.10. The Labute approximate surface area is 155 Å². The van der Waals surface area contributed by atoms with Gasteiger partial charge in [-0.15, -0.1) is 0 Å². The molecule has 0 unspecified atom stereocenters. The predicted molar refractivity (Wildman–Crippen MR) is 100 cm³/mol. The first-order valence-electron chi connectivity index (χ1n) is 8.09. The summed E-state index contributed by atoms with van der Waals surface area (Å²) in [5.74, 6) is -0.679. The number of ether oxygens (including phenoxy) is 1. The molecule has 0 fully saturated rings. The third-order valence-electron chi connectivity index (χ3n) is 4.13. The summed E-state index contributed by atoms with van der Waals surface area (Å²) in [6.07, 6.45) is 2.86. The lowest BCUT2D eigenvalue weighted by atomic mass is 10.00. The Hall–Kier alpha value is -2.40. The number of amides is 1. The third-order valence-corrected chi connectivity index (χ3v) is 4.82. The Morgan fingerprint density at radius 3 is 2.44 bits per heavy atom. The van der Waals surface area contributed by atoms with Gasteiger partial charge in [0.15, 0.2) is 6.61 Å². The second kappa shape index (κ2) is 8.12. The first kappa shape index (κ1) is 17.4. The maximum absolute atomic E-state index is 12.3. The Morgan fingerprint density at radius 2 is 1.76 bits per heavy atom. The average molecular weight is 400 g/mol. The molecular weight excluding hydrogens is 382 g/mol. The number of esters is 1. The van der Waals surface area contributed by atoms with Gasteiger partial charge in [0.25, 0.3) is 5.91 Å². The van der Waals surface area contributed by atoms with Crippen molar-refractivity contribution in [3.8, 4) is 0 Å². The summed E-state index contributed by atoms with van der Waals surface area (Å²) in [5, 5.41) is 0. The highest BCUT2D eigenvalue weighted by Crippen LogP contribution is 2.22. The Bertz CT molecular complexity index is 802. The van der Waals surface area contributed by atoms with Gasteiger partial charge >= 0.3 is 5.97 Å². The van der Waals surface area contributed by atoms with Gasteiger partial charge in [0.2, 0.25) is 0 Å². The number of carbonyl (C=O) groups excluding carboxylic acids is 2. The maximum Gasteiger partial charge on any atom is 0.339 e. The quantitative estimate of drug-likeness (QED) is 0.731. The molecule has 3 rings (SSSR count). The van der Waals surface area contributed by atoms with Crippen LogP contribution in [0.2, 0.25) is 0 Å². The highest BCUT2D eigenvalue weighted by atomic mass is 79.9. The molecule has 4 nitrogen and oxygen atoms in total. The van der Waals surface area contributed by atoms with E-state index in [2.05, 4.69) is 34.1 Å². The molecule has 0 radical (unpaired) electrons. The van der Waals surface area contributed by atoms with E-state index < -0.39 is 5.97 Å². The smallest absolute Gasteiger partial charge is 0.339 e. The lowest BCUT2D eigenvalue weighted by molar-refractivity contribution is -0.134. The van der Waals surface area contributed by atoms with E-state index in [1.54, 1.807) is 23.1 Å². The van der Waals surface area contributed by atoms with Crippen molar-refractivity contribution in [2.45, 2.75) is 6.42 Å². The van der Waals surface area contributed by atoms with Crippen LogP contribution >= 0.6 is 15.9 Å². The molecule has 25 heavy (non-hydrogen) atoms. The molecule has 2 aromatic carbocycles. The largest absolute Gasteiger partial charge is 0.452 e. The summed E-state index contributed by atoms with van der Waals surface area (Å²) in [6, 6.07) is 17.1. The molecule has 128 valence electrons. The fourth-order valence-electron chi connectivity index (χ4n) is 2.73. The summed E-state index contributed by atoms with van der Waals surface area (Å²) < 4.78 is 5.81. The van der Waals surface area contributed by atoms with Gasteiger partial charge in [-0.2, -0.15) is 0 Å². The third kappa shape index (κ3) is 4.37. The standard InChI is InChI=1S/C20H18BrNO3/c21-18-9-5-4-8-17(18)20(24)25-14-19(23)22-12-10-16(11-13-22)15-6-2-1-3-7-15/h1-10H,11-14H2. The van der Waals surface area contributed by atoms with Crippen molar-refractivity contribution in [1.82, 2.24) is 4.90 Å². The topological polar surface area (TPSA) is 46.6 Å². The molecule has 0 spiro atoms. The first-order valence-corrected chi connectivity index (χ1v) is 8.88. The van der Waals surface area contributed by atoms with Crippen molar-refractivity contribution in [2.75, 3.05) is 19.7 Å². The number of halogens is 1. The van der Waals surface area contributed by atoms with Crippen molar-refractivity contribution < 1.29 is 14.3 Å². The molecule has 0 aromatic heterocycles. The van der Waals surface area contributed by atoms with Gasteiger partial charge in [-0.25, -0.2) is 4.79 Å². The normalized spacial score (nSPS) is 14.0. The Balaban J connectivity index is 1.54. The average Bonchev–Trinajstić information content (AvgIpc) is 2.67. The van der Waals surface area contributed by atoms with Crippen LogP contribution in [0.3, 0.4) is 0 Å². The summed E-state index contributed by atoms with van der Waals surface area (Å²) in [5.41, 5.74) is 2.85. The van der Waals surface area contributed by atoms with Crippen LogP contribution in [0.5, 0.6) is 0 Å². The number of hydrogen-bond donors (Lipinski definition) is 0. The van der Waals surface area contributed by atoms with Crippen LogP contribution in [0.15, 0.2) is 65.1 Å². The monoisotopic (exact) mass is 399 g/mol. The van der Waals surface area contributed by atoms with Gasteiger partial charge in [0, 0.05) is 17.6 Å². The molecule has 1 aliphatic rings. The van der Waals surface area contributed by atoms with Gasteiger partial charge in [-0.3, -0.25) is 4.79 Å². The van der Waals surface area contributed by atoms with Crippen molar-refractivity contribution in [3.05, 3.63) is 76.3 Å². The minimum atomic E-state index is -0.502. The summed E-state index contributed by atoms with van der Waals surface area (Å²) in [7, 11) is 0. The van der Waals surface area contributed by atoms with Gasteiger partial charge in [0.1, 0.15) is 0 Å². The predicted octanol–water partition coefficient (Wildman–Crippen LogP) is 3.92. The number of rotatable bonds is 4. The number of hydrogen-bond acceptors (Lipinski definition) is 3. The van der Waals surface area contributed by atoms with E-state index >= 15 is 0 Å². The summed E-state index contributed by atoms with van der Waals surface area (Å²) in [6.45, 7) is 0.927. The lowest BCUT2D eigenvalue weighted by Gasteiger charge is -2.26. The second-order valence-corrected chi connectivity index (χ2v) is 6.60. The number of nitrogens with zero attached hydrogens (tertiary/aromatic N) is 1. The molecule has 0 saturated heterocycles. The molecule has 1 aliphatic heterocycles. The van der Waals surface area contributed by atoms with Crippen LogP contribution in [-0.2, 0) is 9.53 Å². The molecule has 0 N–H and O–H groups in total. The highest BCUT2D eigenvalue weighted by Gasteiger charge is 2.20. The molecule has 1 amide bonds. The van der Waals surface area contributed by atoms with Gasteiger partial charge in [0.05, 0.1) is 5.56 Å². The van der Waals surface area contributed by atoms with Crippen LogP contribution in [0, 0.1) is 0 Å². The van der Waals surface area contributed by atoms with Crippen molar-refractivity contribution >= 4 is 33.4 Å². The Kier molecular flexibility index (Phi) is 5.66. The molecular formula is C20H18BrNO3. The number of benzene rings is 2. The summed E-state index contributed by atoms with van der Waals surface area (Å²) >= 11 is 3.31. The van der Waals surface area contributed by atoms with E-state index in [1.165, 1.54) is 11.1 Å². The SMILES string of the molecule is O=C(OCC(=O)N1CC=C(c2ccccc2)CC1)c1ccccc1Br. The fourth-order valence-corrected chi connectivity index (χ4v) is 3.18. The second-order valence-electron chi connectivity index (χ2n) is 5.74. The fraction of sp³-hybridized carbons (Fsp3) is 0.200. The molecule has 0 bridgehead atoms. The van der Waals surface area contributed by atoms with Crippen LogP contribution < -0.4 is 0 Å². The van der Waals surface area contributed by atoms with Crippen LogP contribution in [0.4, 0.5) is 0 Å². The van der Waals surface area contributed by atoms with Gasteiger partial charge < -0.3 is 9.64 Å². The van der Waals surface area contributed by atoms with Crippen LogP contribution in [0.1, 0.15) is 22.3 Å².